The molecule has 3 rings (SSSR count). The zero-order valence-corrected chi connectivity index (χ0v) is 11.8. The van der Waals surface area contributed by atoms with E-state index in [4.69, 9.17) is 4.42 Å². The Balaban J connectivity index is 1.80. The van der Waals surface area contributed by atoms with Crippen LogP contribution in [0, 0.1) is 6.92 Å². The maximum atomic E-state index is 12.6. The summed E-state index contributed by atoms with van der Waals surface area (Å²) in [5, 5.41) is 0. The van der Waals surface area contributed by atoms with Crippen LogP contribution >= 0.6 is 0 Å². The summed E-state index contributed by atoms with van der Waals surface area (Å²) in [6, 6.07) is 2.76. The van der Waals surface area contributed by atoms with Gasteiger partial charge in [0.05, 0.1) is 6.26 Å². The highest BCUT2D eigenvalue weighted by Crippen LogP contribution is 2.30. The lowest BCUT2D eigenvalue weighted by molar-refractivity contribution is 0.0632. The molecule has 1 amide bonds. The maximum absolute atomic E-state index is 12.6. The third kappa shape index (κ3) is 2.18. The summed E-state index contributed by atoms with van der Waals surface area (Å²) in [5.41, 5.74) is 0.940. The first-order chi connectivity index (χ1) is 9.18. The van der Waals surface area contributed by atoms with E-state index in [1.54, 1.807) is 6.26 Å². The predicted molar refractivity (Wildman–Crippen MR) is 73.2 cm³/mol. The first-order valence-corrected chi connectivity index (χ1v) is 7.24. The van der Waals surface area contributed by atoms with Crippen molar-refractivity contribution in [3.63, 3.8) is 0 Å². The van der Waals surface area contributed by atoms with Gasteiger partial charge in [0.2, 0.25) is 0 Å². The second-order valence-electron chi connectivity index (χ2n) is 5.83. The molecule has 0 spiro atoms. The van der Waals surface area contributed by atoms with Crippen molar-refractivity contribution in [2.75, 3.05) is 20.1 Å². The lowest BCUT2D eigenvalue weighted by Gasteiger charge is -2.32. The Kier molecular flexibility index (Phi) is 3.35. The van der Waals surface area contributed by atoms with E-state index in [1.165, 1.54) is 12.8 Å². The molecular weight excluding hydrogens is 240 g/mol. The van der Waals surface area contributed by atoms with Gasteiger partial charge in [-0.15, -0.1) is 0 Å². The van der Waals surface area contributed by atoms with E-state index in [0.29, 0.717) is 17.8 Å². The van der Waals surface area contributed by atoms with Crippen molar-refractivity contribution in [3.8, 4) is 0 Å². The van der Waals surface area contributed by atoms with Gasteiger partial charge < -0.3 is 14.2 Å². The number of aryl methyl sites for hydroxylation is 1. The molecule has 0 unspecified atom stereocenters. The molecule has 0 aliphatic carbocycles. The van der Waals surface area contributed by atoms with Crippen molar-refractivity contribution in [2.45, 2.75) is 44.7 Å². The van der Waals surface area contributed by atoms with Gasteiger partial charge in [-0.05, 0) is 52.3 Å². The SMILES string of the molecule is Cc1ccoc1C(=O)N1CCC[C@H]1[C@@H]1CCCN1C. The number of likely N-dealkylation sites (N-methyl/N-ethyl adjacent to an activating group) is 1. The predicted octanol–water partition coefficient (Wildman–Crippen LogP) is 2.29. The van der Waals surface area contributed by atoms with E-state index < -0.39 is 0 Å². The number of carbonyl (C=O) groups is 1. The third-order valence-electron chi connectivity index (χ3n) is 4.64. The highest BCUT2D eigenvalue weighted by Gasteiger charge is 2.39. The number of amides is 1. The van der Waals surface area contributed by atoms with Crippen LogP contribution in [0.15, 0.2) is 16.7 Å². The summed E-state index contributed by atoms with van der Waals surface area (Å²) in [6.07, 6.45) is 6.30. The molecule has 4 nitrogen and oxygen atoms in total. The van der Waals surface area contributed by atoms with Gasteiger partial charge in [-0.1, -0.05) is 0 Å². The molecule has 19 heavy (non-hydrogen) atoms. The van der Waals surface area contributed by atoms with Gasteiger partial charge in [-0.3, -0.25) is 4.79 Å². The molecule has 0 radical (unpaired) electrons. The first kappa shape index (κ1) is 12.7. The average molecular weight is 262 g/mol. The van der Waals surface area contributed by atoms with Crippen molar-refractivity contribution in [3.05, 3.63) is 23.7 Å². The summed E-state index contributed by atoms with van der Waals surface area (Å²) in [4.78, 5) is 17.1. The Morgan fingerprint density at radius 3 is 2.63 bits per heavy atom. The van der Waals surface area contributed by atoms with Crippen molar-refractivity contribution in [2.24, 2.45) is 0 Å². The van der Waals surface area contributed by atoms with Crippen molar-refractivity contribution >= 4 is 5.91 Å². The number of hydrogen-bond acceptors (Lipinski definition) is 3. The molecule has 2 atom stereocenters. The molecule has 2 aliphatic rings. The number of carbonyl (C=O) groups excluding carboxylic acids is 1. The van der Waals surface area contributed by atoms with E-state index in [2.05, 4.69) is 11.9 Å². The highest BCUT2D eigenvalue weighted by atomic mass is 16.3. The molecule has 4 heteroatoms. The molecule has 2 aliphatic heterocycles. The van der Waals surface area contributed by atoms with Crippen LogP contribution < -0.4 is 0 Å². The second kappa shape index (κ2) is 5.00. The van der Waals surface area contributed by atoms with E-state index in [1.807, 2.05) is 17.9 Å². The molecule has 2 fully saturated rings. The summed E-state index contributed by atoms with van der Waals surface area (Å²) in [5.74, 6) is 0.595. The lowest BCUT2D eigenvalue weighted by atomic mass is 10.0. The van der Waals surface area contributed by atoms with Crippen molar-refractivity contribution < 1.29 is 9.21 Å². The molecule has 104 valence electrons. The lowest BCUT2D eigenvalue weighted by Crippen LogP contribution is -2.47. The van der Waals surface area contributed by atoms with Crippen LogP contribution in [-0.4, -0.2) is 47.9 Å². The van der Waals surface area contributed by atoms with Crippen LogP contribution in [0.4, 0.5) is 0 Å². The number of nitrogens with zero attached hydrogens (tertiary/aromatic N) is 2. The fraction of sp³-hybridized carbons (Fsp3) is 0.667. The van der Waals surface area contributed by atoms with E-state index in [9.17, 15) is 4.79 Å². The Bertz CT molecular complexity index is 468. The molecule has 3 heterocycles. The van der Waals surface area contributed by atoms with Gasteiger partial charge in [-0.2, -0.15) is 0 Å². The first-order valence-electron chi connectivity index (χ1n) is 7.24. The summed E-state index contributed by atoms with van der Waals surface area (Å²) >= 11 is 0. The molecule has 0 aromatic carbocycles. The number of hydrogen-bond donors (Lipinski definition) is 0. The minimum Gasteiger partial charge on any atom is -0.459 e. The quantitative estimate of drug-likeness (QED) is 0.820. The Morgan fingerprint density at radius 1 is 1.26 bits per heavy atom. The monoisotopic (exact) mass is 262 g/mol. The second-order valence-corrected chi connectivity index (χ2v) is 5.83. The van der Waals surface area contributed by atoms with Gasteiger partial charge in [0.25, 0.3) is 5.91 Å². The van der Waals surface area contributed by atoms with Crippen molar-refractivity contribution in [1.82, 2.24) is 9.80 Å². The molecule has 0 bridgehead atoms. The molecule has 1 aromatic heterocycles. The fourth-order valence-corrected chi connectivity index (χ4v) is 3.59. The van der Waals surface area contributed by atoms with Crippen LogP contribution in [0.25, 0.3) is 0 Å². The van der Waals surface area contributed by atoms with Crippen LogP contribution in [-0.2, 0) is 0 Å². The van der Waals surface area contributed by atoms with Gasteiger partial charge in [0.1, 0.15) is 0 Å². The minimum atomic E-state index is 0.0744. The van der Waals surface area contributed by atoms with Crippen LogP contribution in [0.2, 0.25) is 0 Å². The molecule has 0 saturated carbocycles. The van der Waals surface area contributed by atoms with Crippen molar-refractivity contribution in [1.29, 1.82) is 0 Å². The Labute approximate surface area is 114 Å². The topological polar surface area (TPSA) is 36.7 Å². The van der Waals surface area contributed by atoms with E-state index >= 15 is 0 Å². The summed E-state index contributed by atoms with van der Waals surface area (Å²) in [7, 11) is 2.18. The van der Waals surface area contributed by atoms with E-state index in [0.717, 1.165) is 31.5 Å². The normalized spacial score (nSPS) is 28.2. The Morgan fingerprint density at radius 2 is 2.00 bits per heavy atom. The van der Waals surface area contributed by atoms with Crippen LogP contribution in [0.3, 0.4) is 0 Å². The smallest absolute Gasteiger partial charge is 0.290 e. The summed E-state index contributed by atoms with van der Waals surface area (Å²) in [6.45, 7) is 3.96. The fourth-order valence-electron chi connectivity index (χ4n) is 3.59. The average Bonchev–Trinajstić information content (AvgIpc) is 3.07. The highest BCUT2D eigenvalue weighted by molar-refractivity contribution is 5.93. The largest absolute Gasteiger partial charge is 0.459 e. The molecular formula is C15H22N2O2. The maximum Gasteiger partial charge on any atom is 0.290 e. The van der Waals surface area contributed by atoms with Gasteiger partial charge in [0, 0.05) is 24.2 Å². The Hall–Kier alpha value is -1.29. The summed E-state index contributed by atoms with van der Waals surface area (Å²) < 4.78 is 5.37. The minimum absolute atomic E-state index is 0.0744. The van der Waals surface area contributed by atoms with E-state index in [-0.39, 0.29) is 5.91 Å². The third-order valence-corrected chi connectivity index (χ3v) is 4.64. The van der Waals surface area contributed by atoms with Gasteiger partial charge >= 0.3 is 0 Å². The number of rotatable bonds is 2. The van der Waals surface area contributed by atoms with Crippen LogP contribution in [0.5, 0.6) is 0 Å². The molecule has 0 N–H and O–H groups in total. The van der Waals surface area contributed by atoms with Crippen LogP contribution in [0.1, 0.15) is 41.8 Å². The van der Waals surface area contributed by atoms with Gasteiger partial charge in [0.15, 0.2) is 5.76 Å². The molecule has 1 aromatic rings. The zero-order valence-electron chi connectivity index (χ0n) is 11.8. The zero-order chi connectivity index (χ0) is 13.4. The van der Waals surface area contributed by atoms with Gasteiger partial charge in [-0.25, -0.2) is 0 Å². The molecule has 2 saturated heterocycles. The number of furan rings is 1. The number of likely N-dealkylation sites (tertiary alicyclic amines) is 2. The standard InChI is InChI=1S/C15H22N2O2/c1-11-7-10-19-14(11)15(18)17-9-4-6-13(17)12-5-3-8-16(12)2/h7,10,12-13H,3-6,8-9H2,1-2H3/t12-,13-/m0/s1.